The van der Waals surface area contributed by atoms with Crippen molar-refractivity contribution in [3.63, 3.8) is 0 Å². The SMILES string of the molecule is c1ccc(-c2ccc(N(c3ccc(-c4ccccc4)cc3)c3cc(-c4ccc5ccccc5c4)cc(N(c4ccc(-c5ccccc5)cc4)c4cccc5c4c4ccccc4n5-c4ccccc4)c3)cc2)cc1. The summed E-state index contributed by atoms with van der Waals surface area (Å²) < 4.78 is 2.40. The number of fused-ring (bicyclic) bond motifs is 4. The van der Waals surface area contributed by atoms with Crippen molar-refractivity contribution in [2.45, 2.75) is 0 Å². The van der Waals surface area contributed by atoms with E-state index in [1.54, 1.807) is 0 Å². The van der Waals surface area contributed by atoms with E-state index in [4.69, 9.17) is 0 Å². The van der Waals surface area contributed by atoms with Crippen LogP contribution in [-0.2, 0) is 0 Å². The summed E-state index contributed by atoms with van der Waals surface area (Å²) in [6.07, 6.45) is 0. The maximum absolute atomic E-state index is 2.47. The fourth-order valence-electron chi connectivity index (χ4n) is 10.6. The van der Waals surface area contributed by atoms with Gasteiger partial charge in [-0.3, -0.25) is 0 Å². The van der Waals surface area contributed by atoms with Gasteiger partial charge in [0.15, 0.2) is 0 Å². The lowest BCUT2D eigenvalue weighted by atomic mass is 9.98. The summed E-state index contributed by atoms with van der Waals surface area (Å²) in [6.45, 7) is 0. The van der Waals surface area contributed by atoms with Crippen molar-refractivity contribution in [1.82, 2.24) is 4.57 Å². The first-order valence-electron chi connectivity index (χ1n) is 25.0. The van der Waals surface area contributed by atoms with Crippen LogP contribution in [0.25, 0.3) is 82.8 Å². The van der Waals surface area contributed by atoms with Crippen molar-refractivity contribution in [3.05, 3.63) is 297 Å². The van der Waals surface area contributed by atoms with Crippen molar-refractivity contribution >= 4 is 66.7 Å². The lowest BCUT2D eigenvalue weighted by molar-refractivity contribution is 1.18. The molecule has 13 rings (SSSR count). The van der Waals surface area contributed by atoms with E-state index < -0.39 is 0 Å². The van der Waals surface area contributed by atoms with Gasteiger partial charge in [-0.25, -0.2) is 0 Å². The second-order valence-corrected chi connectivity index (χ2v) is 18.6. The first kappa shape index (κ1) is 43.3. The Morgan fingerprint density at radius 2 is 0.658 bits per heavy atom. The summed E-state index contributed by atoms with van der Waals surface area (Å²) in [6, 6.07) is 108. The van der Waals surface area contributed by atoms with Crippen LogP contribution in [-0.4, -0.2) is 4.57 Å². The van der Waals surface area contributed by atoms with Gasteiger partial charge in [-0.1, -0.05) is 206 Å². The molecule has 0 aliphatic heterocycles. The Balaban J connectivity index is 1.08. The Morgan fingerprint density at radius 3 is 1.22 bits per heavy atom. The molecule has 0 unspecified atom stereocenters. The third kappa shape index (κ3) is 8.29. The van der Waals surface area contributed by atoms with Crippen molar-refractivity contribution < 1.29 is 0 Å². The number of anilines is 6. The molecule has 0 saturated carbocycles. The molecule has 0 amide bonds. The lowest BCUT2D eigenvalue weighted by Gasteiger charge is -2.31. The lowest BCUT2D eigenvalue weighted by Crippen LogP contribution is -2.14. The highest BCUT2D eigenvalue weighted by Gasteiger charge is 2.24. The van der Waals surface area contributed by atoms with Crippen molar-refractivity contribution in [2.75, 3.05) is 9.80 Å². The summed E-state index contributed by atoms with van der Waals surface area (Å²) in [4.78, 5) is 4.89. The van der Waals surface area contributed by atoms with E-state index >= 15 is 0 Å². The molecule has 0 N–H and O–H groups in total. The zero-order valence-corrected chi connectivity index (χ0v) is 40.1. The molecule has 0 aliphatic carbocycles. The third-order valence-corrected chi connectivity index (χ3v) is 14.1. The van der Waals surface area contributed by atoms with Gasteiger partial charge in [0.25, 0.3) is 0 Å². The highest BCUT2D eigenvalue weighted by molar-refractivity contribution is 6.16. The minimum atomic E-state index is 1.03. The highest BCUT2D eigenvalue weighted by atomic mass is 15.2. The van der Waals surface area contributed by atoms with E-state index in [0.717, 1.165) is 67.5 Å². The molecule has 12 aromatic carbocycles. The molecule has 0 aliphatic rings. The van der Waals surface area contributed by atoms with Crippen LogP contribution in [0.4, 0.5) is 34.1 Å². The Bertz CT molecular complexity index is 3950. The van der Waals surface area contributed by atoms with Crippen LogP contribution in [0.5, 0.6) is 0 Å². The van der Waals surface area contributed by atoms with Gasteiger partial charge in [-0.15, -0.1) is 0 Å². The number of rotatable bonds is 11. The zero-order chi connectivity index (χ0) is 48.5. The van der Waals surface area contributed by atoms with Gasteiger partial charge in [0.2, 0.25) is 0 Å². The molecule has 0 fully saturated rings. The molecule has 0 atom stereocenters. The Kier molecular flexibility index (Phi) is 11.2. The van der Waals surface area contributed by atoms with Crippen LogP contribution >= 0.6 is 0 Å². The molecule has 0 saturated heterocycles. The first-order valence-corrected chi connectivity index (χ1v) is 25.0. The average Bonchev–Trinajstić information content (AvgIpc) is 3.82. The quantitative estimate of drug-likeness (QED) is 0.128. The molecule has 1 heterocycles. The highest BCUT2D eigenvalue weighted by Crippen LogP contribution is 2.48. The van der Waals surface area contributed by atoms with Crippen LogP contribution in [0.2, 0.25) is 0 Å². The van der Waals surface area contributed by atoms with Gasteiger partial charge in [0, 0.05) is 44.9 Å². The number of nitrogens with zero attached hydrogens (tertiary/aromatic N) is 3. The maximum atomic E-state index is 2.47. The predicted molar refractivity (Wildman–Crippen MR) is 309 cm³/mol. The number of hydrogen-bond donors (Lipinski definition) is 0. The van der Waals surface area contributed by atoms with E-state index in [9.17, 15) is 0 Å². The minimum absolute atomic E-state index is 1.03. The van der Waals surface area contributed by atoms with E-state index in [1.807, 2.05) is 0 Å². The molecule has 0 radical (unpaired) electrons. The summed E-state index contributed by atoms with van der Waals surface area (Å²) in [5, 5.41) is 4.77. The first-order chi connectivity index (χ1) is 36.2. The topological polar surface area (TPSA) is 11.4 Å². The van der Waals surface area contributed by atoms with Gasteiger partial charge in [-0.05, 0) is 146 Å². The molecule has 3 nitrogen and oxygen atoms in total. The minimum Gasteiger partial charge on any atom is -0.310 e. The number of hydrogen-bond acceptors (Lipinski definition) is 2. The standard InChI is InChI=1S/C70H49N3/c1-5-18-50(19-6-1)54-34-40-61(41-35-54)71(62-42-36-55(37-43-62)51-20-7-2-8-21-51)64-47-59(58-33-32-53-24-13-14-25-57(53)46-58)48-65(49-64)72(63-44-38-56(39-45-63)52-22-9-3-10-23-52)68-30-17-31-69-70(68)66-28-15-16-29-67(66)73(69)60-26-11-4-12-27-60/h1-49H. The van der Waals surface area contributed by atoms with Gasteiger partial charge < -0.3 is 14.4 Å². The van der Waals surface area contributed by atoms with E-state index in [1.165, 1.54) is 49.4 Å². The second kappa shape index (κ2) is 18.9. The van der Waals surface area contributed by atoms with E-state index in [0.29, 0.717) is 0 Å². The summed E-state index contributed by atoms with van der Waals surface area (Å²) in [5.74, 6) is 0. The maximum Gasteiger partial charge on any atom is 0.0562 e. The third-order valence-electron chi connectivity index (χ3n) is 14.1. The fraction of sp³-hybridized carbons (Fsp3) is 0. The monoisotopic (exact) mass is 931 g/mol. The Morgan fingerprint density at radius 1 is 0.233 bits per heavy atom. The summed E-state index contributed by atoms with van der Waals surface area (Å²) >= 11 is 0. The number of benzene rings is 12. The van der Waals surface area contributed by atoms with Crippen LogP contribution in [0.3, 0.4) is 0 Å². The average molecular weight is 932 g/mol. The van der Waals surface area contributed by atoms with Crippen LogP contribution in [0.1, 0.15) is 0 Å². The van der Waals surface area contributed by atoms with Crippen molar-refractivity contribution in [2.24, 2.45) is 0 Å². The molecule has 1 aromatic heterocycles. The summed E-state index contributed by atoms with van der Waals surface area (Å²) in [7, 11) is 0. The molecule has 3 heteroatoms. The number of para-hydroxylation sites is 2. The van der Waals surface area contributed by atoms with Crippen LogP contribution in [0.15, 0.2) is 297 Å². The molecule has 0 spiro atoms. The summed E-state index contributed by atoms with van der Waals surface area (Å²) in [5.41, 5.74) is 19.0. The van der Waals surface area contributed by atoms with Gasteiger partial charge in [0.1, 0.15) is 0 Å². The molecule has 13 aromatic rings. The fourth-order valence-corrected chi connectivity index (χ4v) is 10.6. The van der Waals surface area contributed by atoms with Gasteiger partial charge in [-0.2, -0.15) is 0 Å². The normalized spacial score (nSPS) is 11.3. The molecular weight excluding hydrogens is 883 g/mol. The van der Waals surface area contributed by atoms with Gasteiger partial charge in [0.05, 0.1) is 16.7 Å². The molecule has 73 heavy (non-hydrogen) atoms. The molecule has 0 bridgehead atoms. The Labute approximate surface area is 426 Å². The predicted octanol–water partition coefficient (Wildman–Crippen LogP) is 19.5. The van der Waals surface area contributed by atoms with Crippen LogP contribution < -0.4 is 9.80 Å². The smallest absolute Gasteiger partial charge is 0.0562 e. The van der Waals surface area contributed by atoms with E-state index in [2.05, 4.69) is 312 Å². The number of aromatic nitrogens is 1. The van der Waals surface area contributed by atoms with Crippen LogP contribution in [0, 0.1) is 0 Å². The van der Waals surface area contributed by atoms with Crippen molar-refractivity contribution in [1.29, 1.82) is 0 Å². The van der Waals surface area contributed by atoms with E-state index in [-0.39, 0.29) is 0 Å². The Hall–Kier alpha value is -9.70. The zero-order valence-electron chi connectivity index (χ0n) is 40.1. The second-order valence-electron chi connectivity index (χ2n) is 18.6. The largest absolute Gasteiger partial charge is 0.310 e. The van der Waals surface area contributed by atoms with Crippen molar-refractivity contribution in [3.8, 4) is 50.2 Å². The molecule has 344 valence electrons. The van der Waals surface area contributed by atoms with Gasteiger partial charge >= 0.3 is 0 Å². The molecular formula is C70H49N3.